The molecule has 0 N–H and O–H groups in total. The Labute approximate surface area is 155 Å². The highest BCUT2D eigenvalue weighted by atomic mass is 35.5. The molecule has 4 nitrogen and oxygen atoms in total. The quantitative estimate of drug-likeness (QED) is 0.726. The minimum atomic E-state index is -1.10. The number of amides is 1. The van der Waals surface area contributed by atoms with Crippen LogP contribution < -0.4 is 9.47 Å². The van der Waals surface area contributed by atoms with E-state index in [2.05, 4.69) is 0 Å². The first-order valence-electron chi connectivity index (χ1n) is 8.13. The standard InChI is InChI=1S/C19H18ClF2NO3/c1-25-11-5-6-18(26-2)13(8-11)17-4-3-7-23(17)19(24)12-9-15(21)16(22)10-14(12)20/h5-6,8-10,17H,3-4,7H2,1-2H3. The highest BCUT2D eigenvalue weighted by Gasteiger charge is 2.34. The number of likely N-dealkylation sites (tertiary alicyclic amines) is 1. The first-order chi connectivity index (χ1) is 12.5. The zero-order valence-corrected chi connectivity index (χ0v) is 15.1. The van der Waals surface area contributed by atoms with E-state index in [9.17, 15) is 13.6 Å². The molecule has 0 spiro atoms. The second-order valence-electron chi connectivity index (χ2n) is 6.01. The molecule has 0 bridgehead atoms. The van der Waals surface area contributed by atoms with Crippen molar-refractivity contribution in [2.75, 3.05) is 20.8 Å². The Morgan fingerprint density at radius 2 is 1.88 bits per heavy atom. The van der Waals surface area contributed by atoms with Crippen molar-refractivity contribution in [3.8, 4) is 11.5 Å². The van der Waals surface area contributed by atoms with E-state index in [0.29, 0.717) is 18.0 Å². The van der Waals surface area contributed by atoms with E-state index in [4.69, 9.17) is 21.1 Å². The normalized spacial score (nSPS) is 16.7. The molecule has 1 amide bonds. The Morgan fingerprint density at radius 1 is 1.15 bits per heavy atom. The van der Waals surface area contributed by atoms with Crippen molar-refractivity contribution < 1.29 is 23.0 Å². The summed E-state index contributed by atoms with van der Waals surface area (Å²) in [6.45, 7) is 0.485. The average molecular weight is 382 g/mol. The SMILES string of the molecule is COc1ccc(OC)c(C2CCCN2C(=O)c2cc(F)c(F)cc2Cl)c1. The summed E-state index contributed by atoms with van der Waals surface area (Å²) in [6.07, 6.45) is 1.49. The molecule has 1 fully saturated rings. The molecule has 1 atom stereocenters. The summed E-state index contributed by atoms with van der Waals surface area (Å²) in [6, 6.07) is 6.77. The lowest BCUT2D eigenvalue weighted by Gasteiger charge is -2.27. The summed E-state index contributed by atoms with van der Waals surface area (Å²) in [5.74, 6) is -1.36. The van der Waals surface area contributed by atoms with E-state index in [-0.39, 0.29) is 16.6 Å². The molecule has 1 heterocycles. The van der Waals surface area contributed by atoms with Gasteiger partial charge in [-0.2, -0.15) is 0 Å². The Hall–Kier alpha value is -2.34. The fourth-order valence-electron chi connectivity index (χ4n) is 3.27. The van der Waals surface area contributed by atoms with Crippen molar-refractivity contribution in [3.63, 3.8) is 0 Å². The Kier molecular flexibility index (Phi) is 5.32. The Balaban J connectivity index is 1.99. The minimum Gasteiger partial charge on any atom is -0.497 e. The van der Waals surface area contributed by atoms with Gasteiger partial charge in [-0.25, -0.2) is 8.78 Å². The molecule has 0 saturated carbocycles. The van der Waals surface area contributed by atoms with Gasteiger partial charge in [0.2, 0.25) is 0 Å². The summed E-state index contributed by atoms with van der Waals surface area (Å²) >= 11 is 5.98. The molecule has 138 valence electrons. The number of rotatable bonds is 4. The van der Waals surface area contributed by atoms with E-state index < -0.39 is 17.5 Å². The maximum atomic E-state index is 13.6. The summed E-state index contributed by atoms with van der Waals surface area (Å²) in [5, 5.41) is -0.114. The fourth-order valence-corrected chi connectivity index (χ4v) is 3.51. The smallest absolute Gasteiger partial charge is 0.255 e. The van der Waals surface area contributed by atoms with Gasteiger partial charge in [0.25, 0.3) is 5.91 Å². The third-order valence-corrected chi connectivity index (χ3v) is 4.86. The van der Waals surface area contributed by atoms with Crippen LogP contribution in [0.15, 0.2) is 30.3 Å². The van der Waals surface area contributed by atoms with Crippen molar-refractivity contribution in [2.24, 2.45) is 0 Å². The number of halogens is 3. The second-order valence-corrected chi connectivity index (χ2v) is 6.42. The predicted molar refractivity (Wildman–Crippen MR) is 93.9 cm³/mol. The van der Waals surface area contributed by atoms with Gasteiger partial charge in [-0.15, -0.1) is 0 Å². The van der Waals surface area contributed by atoms with Gasteiger partial charge in [0.05, 0.1) is 30.8 Å². The van der Waals surface area contributed by atoms with Crippen LogP contribution in [0.25, 0.3) is 0 Å². The van der Waals surface area contributed by atoms with Crippen molar-refractivity contribution in [1.29, 1.82) is 0 Å². The molecule has 2 aromatic carbocycles. The van der Waals surface area contributed by atoms with Gasteiger partial charge in [-0.05, 0) is 43.2 Å². The van der Waals surface area contributed by atoms with Gasteiger partial charge in [0.15, 0.2) is 11.6 Å². The van der Waals surface area contributed by atoms with Gasteiger partial charge in [0.1, 0.15) is 11.5 Å². The molecule has 3 rings (SSSR count). The summed E-state index contributed by atoms with van der Waals surface area (Å²) in [7, 11) is 3.11. The fraction of sp³-hybridized carbons (Fsp3) is 0.316. The summed E-state index contributed by atoms with van der Waals surface area (Å²) in [4.78, 5) is 14.6. The maximum absolute atomic E-state index is 13.6. The molecular weight excluding hydrogens is 364 g/mol. The lowest BCUT2D eigenvalue weighted by Crippen LogP contribution is -2.31. The molecule has 1 aliphatic rings. The Bertz CT molecular complexity index is 844. The lowest BCUT2D eigenvalue weighted by molar-refractivity contribution is 0.0733. The van der Waals surface area contributed by atoms with E-state index >= 15 is 0 Å². The zero-order chi connectivity index (χ0) is 18.8. The zero-order valence-electron chi connectivity index (χ0n) is 14.4. The molecular formula is C19H18ClF2NO3. The molecule has 1 aliphatic heterocycles. The van der Waals surface area contributed by atoms with E-state index in [1.54, 1.807) is 31.3 Å². The topological polar surface area (TPSA) is 38.8 Å². The number of nitrogens with zero attached hydrogens (tertiary/aromatic N) is 1. The number of carbonyl (C=O) groups excluding carboxylic acids is 1. The highest BCUT2D eigenvalue weighted by Crippen LogP contribution is 2.40. The lowest BCUT2D eigenvalue weighted by atomic mass is 10.0. The van der Waals surface area contributed by atoms with Crippen LogP contribution in [0.5, 0.6) is 11.5 Å². The van der Waals surface area contributed by atoms with Crippen molar-refractivity contribution >= 4 is 17.5 Å². The molecule has 1 unspecified atom stereocenters. The second kappa shape index (κ2) is 7.50. The molecule has 2 aromatic rings. The monoisotopic (exact) mass is 381 g/mol. The van der Waals surface area contributed by atoms with Crippen LogP contribution >= 0.6 is 11.6 Å². The molecule has 1 saturated heterocycles. The van der Waals surface area contributed by atoms with Crippen LogP contribution in [0.1, 0.15) is 34.8 Å². The third kappa shape index (κ3) is 3.33. The van der Waals surface area contributed by atoms with Crippen LogP contribution in [0.4, 0.5) is 8.78 Å². The van der Waals surface area contributed by atoms with Crippen LogP contribution in [0.2, 0.25) is 5.02 Å². The van der Waals surface area contributed by atoms with Crippen molar-refractivity contribution in [2.45, 2.75) is 18.9 Å². The van der Waals surface area contributed by atoms with Crippen LogP contribution in [-0.4, -0.2) is 31.6 Å². The number of benzene rings is 2. The van der Waals surface area contributed by atoms with Crippen molar-refractivity contribution in [1.82, 2.24) is 4.90 Å². The number of carbonyl (C=O) groups is 1. The van der Waals surface area contributed by atoms with Crippen LogP contribution in [-0.2, 0) is 0 Å². The summed E-state index contributed by atoms with van der Waals surface area (Å²) in [5.41, 5.74) is 0.746. The van der Waals surface area contributed by atoms with Gasteiger partial charge in [-0.1, -0.05) is 11.6 Å². The van der Waals surface area contributed by atoms with Gasteiger partial charge >= 0.3 is 0 Å². The van der Waals surface area contributed by atoms with Crippen molar-refractivity contribution in [3.05, 3.63) is 58.1 Å². The van der Waals surface area contributed by atoms with Gasteiger partial charge in [-0.3, -0.25) is 4.79 Å². The van der Waals surface area contributed by atoms with E-state index in [0.717, 1.165) is 30.5 Å². The van der Waals surface area contributed by atoms with Crippen LogP contribution in [0.3, 0.4) is 0 Å². The maximum Gasteiger partial charge on any atom is 0.255 e. The third-order valence-electron chi connectivity index (χ3n) is 4.55. The molecule has 0 aliphatic carbocycles. The predicted octanol–water partition coefficient (Wildman–Crippen LogP) is 4.61. The number of ether oxygens (including phenoxy) is 2. The Morgan fingerprint density at radius 3 is 2.58 bits per heavy atom. The minimum absolute atomic E-state index is 0.0562. The summed E-state index contributed by atoms with van der Waals surface area (Å²) < 4.78 is 37.6. The number of hydrogen-bond acceptors (Lipinski definition) is 3. The van der Waals surface area contributed by atoms with E-state index in [1.807, 2.05) is 6.07 Å². The molecule has 7 heteroatoms. The van der Waals surface area contributed by atoms with Gasteiger partial charge < -0.3 is 14.4 Å². The van der Waals surface area contributed by atoms with Gasteiger partial charge in [0, 0.05) is 12.1 Å². The molecule has 26 heavy (non-hydrogen) atoms. The van der Waals surface area contributed by atoms with E-state index in [1.165, 1.54) is 0 Å². The first-order valence-corrected chi connectivity index (χ1v) is 8.51. The first kappa shape index (κ1) is 18.5. The molecule has 0 radical (unpaired) electrons. The highest BCUT2D eigenvalue weighted by molar-refractivity contribution is 6.33. The largest absolute Gasteiger partial charge is 0.497 e. The molecule has 0 aromatic heterocycles. The number of hydrogen-bond donors (Lipinski definition) is 0. The van der Waals surface area contributed by atoms with Crippen LogP contribution in [0, 0.1) is 11.6 Å². The average Bonchev–Trinajstić information content (AvgIpc) is 3.13. The number of methoxy groups -OCH3 is 2.